The molecule has 0 aromatic rings. The van der Waals surface area contributed by atoms with Crippen molar-refractivity contribution in [2.24, 2.45) is 0 Å². The van der Waals surface area contributed by atoms with Crippen LogP contribution >= 0.6 is 0 Å². The van der Waals surface area contributed by atoms with Crippen LogP contribution in [0, 0.1) is 0 Å². The Bertz CT molecular complexity index is 86.6. The summed E-state index contributed by atoms with van der Waals surface area (Å²) in [5.41, 5.74) is 0. The molecule has 2 nitrogen and oxygen atoms in total. The Labute approximate surface area is 81.5 Å². The van der Waals surface area contributed by atoms with Crippen LogP contribution < -0.4 is 17.0 Å². The summed E-state index contributed by atoms with van der Waals surface area (Å²) in [6.07, 6.45) is 1.29. The molecule has 0 saturated carbocycles. The monoisotopic (exact) mass is 224 g/mol. The molecule has 11 heavy (non-hydrogen) atoms. The summed E-state index contributed by atoms with van der Waals surface area (Å²) in [7, 11) is 10.9. The highest BCUT2D eigenvalue weighted by Gasteiger charge is 2.05. The van der Waals surface area contributed by atoms with Gasteiger partial charge in [-0.3, -0.25) is 0 Å². The second kappa shape index (κ2) is 5.98. The van der Waals surface area contributed by atoms with Gasteiger partial charge in [-0.05, 0) is 14.1 Å². The molecule has 0 aliphatic rings. The zero-order valence-corrected chi connectivity index (χ0v) is 9.98. The van der Waals surface area contributed by atoms with Crippen LogP contribution in [0.1, 0.15) is 6.42 Å². The summed E-state index contributed by atoms with van der Waals surface area (Å²) in [4.78, 5) is 2.23. The van der Waals surface area contributed by atoms with Gasteiger partial charge in [0.15, 0.2) is 0 Å². The molecule has 0 saturated heterocycles. The van der Waals surface area contributed by atoms with Gasteiger partial charge in [0.05, 0.1) is 27.7 Å². The summed E-state index contributed by atoms with van der Waals surface area (Å²) in [6.45, 7) is 2.47. The highest BCUT2D eigenvalue weighted by Crippen LogP contribution is 1.93. The number of quaternary nitrogens is 1. The summed E-state index contributed by atoms with van der Waals surface area (Å²) in [6, 6.07) is 0. The van der Waals surface area contributed by atoms with Crippen molar-refractivity contribution in [1.82, 2.24) is 4.90 Å². The molecule has 0 bridgehead atoms. The summed E-state index contributed by atoms with van der Waals surface area (Å²) in [5.74, 6) is 0. The summed E-state index contributed by atoms with van der Waals surface area (Å²) in [5, 5.41) is 0. The standard InChI is InChI=1S/C8H21N2.BrH/c1-9(2)7-6-8-10(3,4)5;/h6-8H2,1-5H3;1H/q+1;/p-1. The Morgan fingerprint density at radius 1 is 1.09 bits per heavy atom. The lowest BCUT2D eigenvalue weighted by atomic mass is 10.3. The van der Waals surface area contributed by atoms with Crippen molar-refractivity contribution in [3.63, 3.8) is 0 Å². The Balaban J connectivity index is 0. The summed E-state index contributed by atoms with van der Waals surface area (Å²) >= 11 is 0. The topological polar surface area (TPSA) is 3.24 Å². The van der Waals surface area contributed by atoms with E-state index in [0.29, 0.717) is 0 Å². The van der Waals surface area contributed by atoms with Crippen molar-refractivity contribution in [3.8, 4) is 0 Å². The van der Waals surface area contributed by atoms with Gasteiger partial charge in [0.2, 0.25) is 0 Å². The minimum absolute atomic E-state index is 0. The molecule has 0 aliphatic carbocycles. The van der Waals surface area contributed by atoms with Gasteiger partial charge in [-0.2, -0.15) is 0 Å². The van der Waals surface area contributed by atoms with Gasteiger partial charge >= 0.3 is 0 Å². The highest BCUT2D eigenvalue weighted by atomic mass is 79.9. The van der Waals surface area contributed by atoms with Gasteiger partial charge in [-0.25, -0.2) is 0 Å². The van der Waals surface area contributed by atoms with Crippen LogP contribution in [0.3, 0.4) is 0 Å². The van der Waals surface area contributed by atoms with Crippen LogP contribution in [-0.2, 0) is 0 Å². The molecule has 0 spiro atoms. The van der Waals surface area contributed by atoms with E-state index in [4.69, 9.17) is 0 Å². The molecule has 0 radical (unpaired) electrons. The number of halogens is 1. The fraction of sp³-hybridized carbons (Fsp3) is 1.00. The first-order chi connectivity index (χ1) is 4.42. The maximum absolute atomic E-state index is 2.23. The molecule has 70 valence electrons. The lowest BCUT2D eigenvalue weighted by molar-refractivity contribution is -0.870. The van der Waals surface area contributed by atoms with Crippen LogP contribution in [0.25, 0.3) is 0 Å². The molecule has 0 aromatic carbocycles. The lowest BCUT2D eigenvalue weighted by Gasteiger charge is -2.24. The van der Waals surface area contributed by atoms with Crippen molar-refractivity contribution >= 4 is 0 Å². The van der Waals surface area contributed by atoms with Gasteiger partial charge in [0.1, 0.15) is 0 Å². The SMILES string of the molecule is CN(C)CCC[N+](C)(C)C.[Br-]. The molecule has 0 amide bonds. The van der Waals surface area contributed by atoms with Gasteiger partial charge in [-0.1, -0.05) is 0 Å². The first-order valence-corrected chi connectivity index (χ1v) is 3.87. The molecule has 0 atom stereocenters. The van der Waals surface area contributed by atoms with E-state index in [-0.39, 0.29) is 17.0 Å². The first-order valence-electron chi connectivity index (χ1n) is 3.87. The van der Waals surface area contributed by atoms with E-state index in [1.165, 1.54) is 19.5 Å². The summed E-state index contributed by atoms with van der Waals surface area (Å²) < 4.78 is 1.08. The Morgan fingerprint density at radius 2 is 1.55 bits per heavy atom. The largest absolute Gasteiger partial charge is 1.00 e. The number of nitrogens with zero attached hydrogens (tertiary/aromatic N) is 2. The van der Waals surface area contributed by atoms with Gasteiger partial charge in [0.25, 0.3) is 0 Å². The molecule has 3 heteroatoms. The van der Waals surface area contributed by atoms with Crippen LogP contribution in [0.5, 0.6) is 0 Å². The van der Waals surface area contributed by atoms with Gasteiger partial charge < -0.3 is 26.4 Å². The molecular formula is C8H21BrN2. The Hall–Kier alpha value is 0.400. The zero-order valence-electron chi connectivity index (χ0n) is 8.39. The second-order valence-electron chi connectivity index (χ2n) is 4.17. The number of hydrogen-bond acceptors (Lipinski definition) is 1. The molecule has 0 aromatic heterocycles. The van der Waals surface area contributed by atoms with Crippen LogP contribution in [0.2, 0.25) is 0 Å². The van der Waals surface area contributed by atoms with E-state index in [1.54, 1.807) is 0 Å². The van der Waals surface area contributed by atoms with Crippen LogP contribution in [-0.4, -0.2) is 57.7 Å². The fourth-order valence-electron chi connectivity index (χ4n) is 0.861. The van der Waals surface area contributed by atoms with Crippen molar-refractivity contribution in [1.29, 1.82) is 0 Å². The van der Waals surface area contributed by atoms with E-state index >= 15 is 0 Å². The third-order valence-corrected chi connectivity index (χ3v) is 1.43. The molecule has 0 unspecified atom stereocenters. The number of hydrogen-bond donors (Lipinski definition) is 0. The van der Waals surface area contributed by atoms with E-state index < -0.39 is 0 Å². The first kappa shape index (κ1) is 14.0. The van der Waals surface area contributed by atoms with Crippen LogP contribution in [0.4, 0.5) is 0 Å². The van der Waals surface area contributed by atoms with E-state index in [2.05, 4.69) is 40.1 Å². The molecule has 0 rings (SSSR count). The van der Waals surface area contributed by atoms with Gasteiger partial charge in [-0.15, -0.1) is 0 Å². The molecule has 0 N–H and O–H groups in total. The Morgan fingerprint density at radius 3 is 1.82 bits per heavy atom. The van der Waals surface area contributed by atoms with E-state index in [9.17, 15) is 0 Å². The zero-order chi connectivity index (χ0) is 8.20. The maximum Gasteiger partial charge on any atom is 0.0792 e. The minimum Gasteiger partial charge on any atom is -1.00 e. The van der Waals surface area contributed by atoms with Crippen molar-refractivity contribution < 1.29 is 21.5 Å². The maximum atomic E-state index is 2.23. The predicted molar refractivity (Wildman–Crippen MR) is 46.1 cm³/mol. The van der Waals surface area contributed by atoms with E-state index in [1.807, 2.05) is 0 Å². The Kier molecular flexibility index (Phi) is 7.58. The normalized spacial score (nSPS) is 11.5. The number of rotatable bonds is 4. The average Bonchev–Trinajstić information content (AvgIpc) is 1.59. The molecular weight excluding hydrogens is 204 g/mol. The fourth-order valence-corrected chi connectivity index (χ4v) is 0.861. The second-order valence-corrected chi connectivity index (χ2v) is 4.17. The quantitative estimate of drug-likeness (QED) is 0.484. The van der Waals surface area contributed by atoms with Crippen molar-refractivity contribution in [2.75, 3.05) is 48.3 Å². The molecule has 0 aliphatic heterocycles. The van der Waals surface area contributed by atoms with Crippen molar-refractivity contribution in [2.45, 2.75) is 6.42 Å². The van der Waals surface area contributed by atoms with Crippen LogP contribution in [0.15, 0.2) is 0 Å². The lowest BCUT2D eigenvalue weighted by Crippen LogP contribution is -3.00. The highest BCUT2D eigenvalue weighted by molar-refractivity contribution is 4.41. The van der Waals surface area contributed by atoms with E-state index in [0.717, 1.165) is 4.48 Å². The third-order valence-electron chi connectivity index (χ3n) is 1.43. The van der Waals surface area contributed by atoms with Crippen molar-refractivity contribution in [3.05, 3.63) is 0 Å². The third kappa shape index (κ3) is 13.4. The van der Waals surface area contributed by atoms with Gasteiger partial charge in [0, 0.05) is 13.0 Å². The molecule has 0 heterocycles. The predicted octanol–water partition coefficient (Wildman–Crippen LogP) is -2.35. The smallest absolute Gasteiger partial charge is 0.0792 e. The minimum atomic E-state index is 0. The molecule has 0 fully saturated rings. The average molecular weight is 225 g/mol.